The summed E-state index contributed by atoms with van der Waals surface area (Å²) in [6.07, 6.45) is 1.29. The molecule has 1 saturated heterocycles. The largest absolute Gasteiger partial charge is 0.372 e. The van der Waals surface area contributed by atoms with Crippen LogP contribution in [0.3, 0.4) is 0 Å². The molecule has 1 N–H and O–H groups in total. The second kappa shape index (κ2) is 10.2. The van der Waals surface area contributed by atoms with Crippen molar-refractivity contribution in [1.29, 1.82) is 0 Å². The van der Waals surface area contributed by atoms with Crippen LogP contribution in [0.2, 0.25) is 0 Å². The Hall–Kier alpha value is -1.65. The van der Waals surface area contributed by atoms with Gasteiger partial charge < -0.3 is 10.1 Å². The first kappa shape index (κ1) is 21.1. The molecular weight excluding hydrogens is 434 g/mol. The zero-order valence-corrected chi connectivity index (χ0v) is 18.1. The lowest BCUT2D eigenvalue weighted by Crippen LogP contribution is -2.40. The summed E-state index contributed by atoms with van der Waals surface area (Å²) in [5, 5.41) is 3.49. The predicted octanol–water partition coefficient (Wildman–Crippen LogP) is 6.20. The Morgan fingerprint density at radius 2 is 1.64 bits per heavy atom. The van der Waals surface area contributed by atoms with Crippen molar-refractivity contribution in [2.75, 3.05) is 13.1 Å². The van der Waals surface area contributed by atoms with Crippen LogP contribution in [0.4, 0.5) is 0 Å². The number of rotatable bonds is 5. The highest BCUT2D eigenvalue weighted by molar-refractivity contribution is 9.10. The average Bonchev–Trinajstić information content (AvgIpc) is 2.74. The van der Waals surface area contributed by atoms with Crippen LogP contribution in [0.15, 0.2) is 83.3 Å². The number of halogens is 2. The molecule has 1 heterocycles. The van der Waals surface area contributed by atoms with E-state index in [1.54, 1.807) is 0 Å². The summed E-state index contributed by atoms with van der Waals surface area (Å²) >= 11 is 3.49. The maximum atomic E-state index is 6.34. The van der Waals surface area contributed by atoms with E-state index in [0.717, 1.165) is 24.0 Å². The predicted molar refractivity (Wildman–Crippen MR) is 122 cm³/mol. The van der Waals surface area contributed by atoms with E-state index in [1.165, 1.54) is 22.3 Å². The van der Waals surface area contributed by atoms with Crippen LogP contribution in [0.1, 0.15) is 23.5 Å². The molecule has 2 unspecified atom stereocenters. The van der Waals surface area contributed by atoms with Gasteiger partial charge in [0, 0.05) is 16.9 Å². The van der Waals surface area contributed by atoms with Crippen molar-refractivity contribution in [2.45, 2.75) is 25.0 Å². The zero-order chi connectivity index (χ0) is 18.5. The molecule has 0 amide bonds. The summed E-state index contributed by atoms with van der Waals surface area (Å²) in [6.45, 7) is 2.59. The fraction of sp³-hybridized carbons (Fsp3) is 0.250. The minimum absolute atomic E-state index is 0. The number of piperidine rings is 1. The molecule has 1 fully saturated rings. The fourth-order valence-corrected chi connectivity index (χ4v) is 4.01. The van der Waals surface area contributed by atoms with Crippen LogP contribution in [-0.2, 0) is 11.3 Å². The molecule has 0 aliphatic carbocycles. The Bertz CT molecular complexity index is 869. The number of hydrogen-bond acceptors (Lipinski definition) is 2. The van der Waals surface area contributed by atoms with Gasteiger partial charge in [-0.2, -0.15) is 0 Å². The molecule has 0 radical (unpaired) electrons. The summed E-state index contributed by atoms with van der Waals surface area (Å²) in [5.74, 6) is 0.422. The molecule has 0 spiro atoms. The van der Waals surface area contributed by atoms with E-state index in [-0.39, 0.29) is 18.5 Å². The Morgan fingerprint density at radius 1 is 0.893 bits per heavy atom. The van der Waals surface area contributed by atoms with Gasteiger partial charge in [-0.3, -0.25) is 0 Å². The van der Waals surface area contributed by atoms with Gasteiger partial charge in [0.05, 0.1) is 12.7 Å². The molecule has 0 saturated carbocycles. The quantitative estimate of drug-likeness (QED) is 0.491. The lowest BCUT2D eigenvalue weighted by molar-refractivity contribution is 0.0106. The fourth-order valence-electron chi connectivity index (χ4n) is 3.75. The molecule has 1 aliphatic heterocycles. The van der Waals surface area contributed by atoms with Gasteiger partial charge in [0.2, 0.25) is 0 Å². The van der Waals surface area contributed by atoms with Crippen molar-refractivity contribution < 1.29 is 4.74 Å². The lowest BCUT2D eigenvalue weighted by Gasteiger charge is -2.33. The summed E-state index contributed by atoms with van der Waals surface area (Å²) in [7, 11) is 0. The first-order valence-electron chi connectivity index (χ1n) is 9.52. The number of nitrogens with one attached hydrogen (secondary N) is 1. The summed E-state index contributed by atoms with van der Waals surface area (Å²) < 4.78 is 7.44. The first-order chi connectivity index (χ1) is 13.3. The van der Waals surface area contributed by atoms with Gasteiger partial charge in [-0.25, -0.2) is 0 Å². The third-order valence-electron chi connectivity index (χ3n) is 5.23. The summed E-state index contributed by atoms with van der Waals surface area (Å²) in [5.41, 5.74) is 5.12. The number of hydrogen-bond donors (Lipinski definition) is 1. The highest BCUT2D eigenvalue weighted by atomic mass is 79.9. The lowest BCUT2D eigenvalue weighted by atomic mass is 9.86. The topological polar surface area (TPSA) is 21.3 Å². The average molecular weight is 459 g/mol. The monoisotopic (exact) mass is 457 g/mol. The molecule has 146 valence electrons. The van der Waals surface area contributed by atoms with E-state index in [0.29, 0.717) is 12.5 Å². The van der Waals surface area contributed by atoms with E-state index < -0.39 is 0 Å². The van der Waals surface area contributed by atoms with E-state index >= 15 is 0 Å². The Kier molecular flexibility index (Phi) is 7.69. The van der Waals surface area contributed by atoms with Gasteiger partial charge in [0.15, 0.2) is 0 Å². The number of ether oxygens (including phenoxy) is 1. The van der Waals surface area contributed by atoms with E-state index in [9.17, 15) is 0 Å². The van der Waals surface area contributed by atoms with E-state index in [2.05, 4.69) is 100 Å². The first-order valence-corrected chi connectivity index (χ1v) is 10.3. The number of benzene rings is 3. The second-order valence-corrected chi connectivity index (χ2v) is 7.98. The molecule has 3 aromatic rings. The molecule has 3 aromatic carbocycles. The normalized spacial score (nSPS) is 19.0. The van der Waals surface area contributed by atoms with E-state index in [4.69, 9.17) is 4.74 Å². The van der Waals surface area contributed by atoms with Crippen molar-refractivity contribution in [2.24, 2.45) is 0 Å². The molecule has 0 bridgehead atoms. The van der Waals surface area contributed by atoms with Crippen molar-refractivity contribution >= 4 is 28.3 Å². The van der Waals surface area contributed by atoms with Crippen LogP contribution >= 0.6 is 28.3 Å². The van der Waals surface area contributed by atoms with Crippen LogP contribution in [0.5, 0.6) is 0 Å². The van der Waals surface area contributed by atoms with E-state index in [1.807, 2.05) is 0 Å². The summed E-state index contributed by atoms with van der Waals surface area (Å²) in [4.78, 5) is 0. The SMILES string of the molecule is Brc1ccc(COC2CNCCC2c2cccc(-c3ccccc3)c2)cc1.Cl. The summed E-state index contributed by atoms with van der Waals surface area (Å²) in [6, 6.07) is 27.9. The molecule has 1 aliphatic rings. The second-order valence-electron chi connectivity index (χ2n) is 7.07. The van der Waals surface area contributed by atoms with Gasteiger partial charge in [-0.15, -0.1) is 12.4 Å². The molecule has 4 heteroatoms. The maximum Gasteiger partial charge on any atom is 0.0772 e. The van der Waals surface area contributed by atoms with Crippen molar-refractivity contribution in [3.05, 3.63) is 94.5 Å². The van der Waals surface area contributed by atoms with Crippen LogP contribution in [0, 0.1) is 0 Å². The highest BCUT2D eigenvalue weighted by Crippen LogP contribution is 2.31. The van der Waals surface area contributed by atoms with Gasteiger partial charge in [0.25, 0.3) is 0 Å². The van der Waals surface area contributed by atoms with Gasteiger partial charge in [-0.1, -0.05) is 82.7 Å². The standard InChI is InChI=1S/C24H24BrNO.ClH/c25-22-11-9-18(10-12-22)17-27-24-16-26-14-13-23(24)21-8-4-7-20(15-21)19-5-2-1-3-6-19;/h1-12,15,23-24,26H,13-14,16-17H2;1H. The molecule has 4 rings (SSSR count). The molecule has 2 atom stereocenters. The van der Waals surface area contributed by atoms with Crippen molar-refractivity contribution in [1.82, 2.24) is 5.32 Å². The highest BCUT2D eigenvalue weighted by Gasteiger charge is 2.27. The third kappa shape index (κ3) is 5.24. The minimum atomic E-state index is 0. The zero-order valence-electron chi connectivity index (χ0n) is 15.7. The Balaban J connectivity index is 0.00000225. The van der Waals surface area contributed by atoms with Gasteiger partial charge >= 0.3 is 0 Å². The molecule has 28 heavy (non-hydrogen) atoms. The maximum absolute atomic E-state index is 6.34. The molecule has 0 aromatic heterocycles. The van der Waals surface area contributed by atoms with Gasteiger partial charge in [0.1, 0.15) is 0 Å². The van der Waals surface area contributed by atoms with Crippen molar-refractivity contribution in [3.8, 4) is 11.1 Å². The van der Waals surface area contributed by atoms with Crippen LogP contribution in [0.25, 0.3) is 11.1 Å². The minimum Gasteiger partial charge on any atom is -0.372 e. The van der Waals surface area contributed by atoms with Crippen molar-refractivity contribution in [3.63, 3.8) is 0 Å². The Labute approximate surface area is 181 Å². The molecule has 2 nitrogen and oxygen atoms in total. The van der Waals surface area contributed by atoms with Gasteiger partial charge in [-0.05, 0) is 47.4 Å². The van der Waals surface area contributed by atoms with Crippen LogP contribution in [-0.4, -0.2) is 19.2 Å². The van der Waals surface area contributed by atoms with Crippen LogP contribution < -0.4 is 5.32 Å². The molecular formula is C24H25BrClNO. The Morgan fingerprint density at radius 3 is 2.43 bits per heavy atom. The third-order valence-corrected chi connectivity index (χ3v) is 5.75. The smallest absolute Gasteiger partial charge is 0.0772 e.